The summed E-state index contributed by atoms with van der Waals surface area (Å²) >= 11 is 1.29. The average Bonchev–Trinajstić information content (AvgIpc) is 3.37. The Balaban J connectivity index is 1.74. The number of nitrogens with zero attached hydrogens (tertiary/aromatic N) is 3. The van der Waals surface area contributed by atoms with E-state index >= 15 is 0 Å². The average molecular weight is 537 g/mol. The molecular weight excluding hydrogens is 504 g/mol. The van der Waals surface area contributed by atoms with Crippen LogP contribution in [0.1, 0.15) is 57.2 Å². The van der Waals surface area contributed by atoms with Gasteiger partial charge in [-0.05, 0) is 71.6 Å². The molecule has 0 bridgehead atoms. The van der Waals surface area contributed by atoms with E-state index in [1.54, 1.807) is 43.5 Å². The van der Waals surface area contributed by atoms with Gasteiger partial charge in [0.15, 0.2) is 0 Å². The third-order valence-electron chi connectivity index (χ3n) is 6.44. The smallest absolute Gasteiger partial charge is 0.318 e. The van der Waals surface area contributed by atoms with Crippen LogP contribution in [0.15, 0.2) is 23.1 Å². The molecule has 0 amide bonds. The number of hydrogen-bond acceptors (Lipinski definition) is 9. The summed E-state index contributed by atoms with van der Waals surface area (Å²) in [5.74, 6) is -0.151. The minimum Gasteiger partial charge on any atom is -0.495 e. The number of sulfonamides is 1. The van der Waals surface area contributed by atoms with Gasteiger partial charge in [0, 0.05) is 11.6 Å². The summed E-state index contributed by atoms with van der Waals surface area (Å²) in [6.07, 6.45) is 1.88. The molecule has 0 spiro atoms. The van der Waals surface area contributed by atoms with Gasteiger partial charge in [-0.3, -0.25) is 4.79 Å². The molecule has 1 fully saturated rings. The monoisotopic (exact) mass is 536 g/mol. The Labute approximate surface area is 214 Å². The third-order valence-corrected chi connectivity index (χ3v) is 9.22. The van der Waals surface area contributed by atoms with Crippen molar-refractivity contribution in [2.45, 2.75) is 75.8 Å². The normalized spacial score (nSPS) is 18.9. The summed E-state index contributed by atoms with van der Waals surface area (Å²) < 4.78 is 41.7. The highest BCUT2D eigenvalue weighted by atomic mass is 32.2. The number of carbonyl (C=O) groups is 1. The first-order valence-electron chi connectivity index (χ1n) is 11.9. The number of hydrogen-bond donors (Lipinski definition) is 2. The molecule has 196 valence electrons. The summed E-state index contributed by atoms with van der Waals surface area (Å²) in [7, 11) is -2.47. The molecule has 1 aromatic carbocycles. The van der Waals surface area contributed by atoms with Gasteiger partial charge < -0.3 is 14.6 Å². The number of esters is 1. The molecule has 36 heavy (non-hydrogen) atoms. The van der Waals surface area contributed by atoms with E-state index in [0.717, 1.165) is 0 Å². The highest BCUT2D eigenvalue weighted by Gasteiger charge is 2.36. The van der Waals surface area contributed by atoms with Crippen LogP contribution >= 0.6 is 11.3 Å². The Kier molecular flexibility index (Phi) is 7.42. The zero-order valence-corrected chi connectivity index (χ0v) is 22.7. The second-order valence-corrected chi connectivity index (χ2v) is 12.1. The van der Waals surface area contributed by atoms with E-state index < -0.39 is 15.4 Å². The number of imidazole rings is 1. The molecular formula is C24H32N4O6S2. The fraction of sp³-hybridized carbons (Fsp3) is 0.542. The molecule has 10 nitrogen and oxygen atoms in total. The van der Waals surface area contributed by atoms with Crippen LogP contribution in [0.5, 0.6) is 5.75 Å². The van der Waals surface area contributed by atoms with E-state index in [1.807, 2.05) is 6.92 Å². The second-order valence-electron chi connectivity index (χ2n) is 9.49. The first kappa shape index (κ1) is 26.5. The molecule has 2 N–H and O–H groups in total. The first-order valence-corrected chi connectivity index (χ1v) is 14.2. The molecule has 2 aromatic heterocycles. The van der Waals surface area contributed by atoms with Crippen molar-refractivity contribution in [3.63, 3.8) is 0 Å². The molecule has 0 saturated heterocycles. The number of aliphatic hydroxyl groups excluding tert-OH is 1. The van der Waals surface area contributed by atoms with E-state index in [4.69, 9.17) is 9.47 Å². The van der Waals surface area contributed by atoms with Crippen molar-refractivity contribution in [2.24, 2.45) is 0 Å². The van der Waals surface area contributed by atoms with Crippen LogP contribution in [-0.2, 0) is 25.0 Å². The fourth-order valence-corrected chi connectivity index (χ4v) is 6.88. The van der Waals surface area contributed by atoms with Gasteiger partial charge in [0.05, 0.1) is 31.2 Å². The number of aliphatic hydroxyl groups is 1. The zero-order chi connectivity index (χ0) is 26.3. The van der Waals surface area contributed by atoms with Crippen LogP contribution in [-0.4, -0.2) is 60.0 Å². The highest BCUT2D eigenvalue weighted by molar-refractivity contribution is 7.89. The van der Waals surface area contributed by atoms with Crippen molar-refractivity contribution in [1.29, 1.82) is 0 Å². The maximum atomic E-state index is 13.4. The van der Waals surface area contributed by atoms with Gasteiger partial charge >= 0.3 is 5.97 Å². The standard InChI is InChI=1S/C24H32N4O6S2/c1-6-34-22(30)24(3,4)21-26-28-20(14(2)25-23(28)35-21)15-7-12-18(33-5)19(13-15)36(31,32)27-16-8-10-17(29)11-9-16/h7,12-13,16-17,27,29H,6,8-11H2,1-5H3/t16-,17+. The van der Waals surface area contributed by atoms with E-state index in [2.05, 4.69) is 14.8 Å². The fourth-order valence-electron chi connectivity index (χ4n) is 4.34. The zero-order valence-electron chi connectivity index (χ0n) is 21.1. The predicted octanol–water partition coefficient (Wildman–Crippen LogP) is 3.20. The van der Waals surface area contributed by atoms with Crippen LogP contribution in [0.4, 0.5) is 0 Å². The maximum absolute atomic E-state index is 13.4. The quantitative estimate of drug-likeness (QED) is 0.420. The topological polar surface area (TPSA) is 132 Å². The van der Waals surface area contributed by atoms with Crippen molar-refractivity contribution >= 4 is 32.3 Å². The van der Waals surface area contributed by atoms with Gasteiger partial charge in [-0.1, -0.05) is 11.3 Å². The number of benzene rings is 1. The van der Waals surface area contributed by atoms with Gasteiger partial charge in [0.25, 0.3) is 0 Å². The summed E-state index contributed by atoms with van der Waals surface area (Å²) in [5, 5.41) is 15.0. The number of fused-ring (bicyclic) bond motifs is 1. The van der Waals surface area contributed by atoms with E-state index in [9.17, 15) is 18.3 Å². The number of rotatable bonds is 8. The number of aryl methyl sites for hydroxylation is 1. The molecule has 4 rings (SSSR count). The summed E-state index contributed by atoms with van der Waals surface area (Å²) in [5.41, 5.74) is 0.952. The first-order chi connectivity index (χ1) is 17.0. The lowest BCUT2D eigenvalue weighted by Gasteiger charge is -2.26. The minimum absolute atomic E-state index is 0.0188. The van der Waals surface area contributed by atoms with Crippen molar-refractivity contribution in [1.82, 2.24) is 19.3 Å². The maximum Gasteiger partial charge on any atom is 0.318 e. The van der Waals surface area contributed by atoms with Crippen LogP contribution < -0.4 is 9.46 Å². The molecule has 3 aromatic rings. The van der Waals surface area contributed by atoms with Gasteiger partial charge in [-0.2, -0.15) is 5.10 Å². The number of aromatic nitrogens is 3. The van der Waals surface area contributed by atoms with Crippen LogP contribution in [0, 0.1) is 6.92 Å². The second kappa shape index (κ2) is 10.1. The lowest BCUT2D eigenvalue weighted by molar-refractivity contribution is -0.148. The Morgan fingerprint density at radius 1 is 1.28 bits per heavy atom. The predicted molar refractivity (Wildman–Crippen MR) is 136 cm³/mol. The largest absolute Gasteiger partial charge is 0.495 e. The van der Waals surface area contributed by atoms with Crippen molar-refractivity contribution in [3.05, 3.63) is 28.9 Å². The van der Waals surface area contributed by atoms with Gasteiger partial charge in [-0.25, -0.2) is 22.6 Å². The summed E-state index contributed by atoms with van der Waals surface area (Å²) in [6, 6.07) is 4.69. The molecule has 0 aliphatic heterocycles. The van der Waals surface area contributed by atoms with Crippen LogP contribution in [0.2, 0.25) is 0 Å². The SMILES string of the molecule is CCOC(=O)C(C)(C)c1nn2c(-c3ccc(OC)c(S(=O)(=O)N[C@H]4CC[C@@H](O)CC4)c3)c(C)nc2s1. The van der Waals surface area contributed by atoms with Gasteiger partial charge in [0.1, 0.15) is 21.1 Å². The Morgan fingerprint density at radius 3 is 2.61 bits per heavy atom. The molecule has 12 heteroatoms. The van der Waals surface area contributed by atoms with Crippen LogP contribution in [0.25, 0.3) is 16.2 Å². The minimum atomic E-state index is -3.90. The number of ether oxygens (including phenoxy) is 2. The molecule has 1 aliphatic rings. The van der Waals surface area contributed by atoms with Crippen molar-refractivity contribution in [2.75, 3.05) is 13.7 Å². The number of methoxy groups -OCH3 is 1. The highest BCUT2D eigenvalue weighted by Crippen LogP contribution is 2.36. The van der Waals surface area contributed by atoms with Crippen molar-refractivity contribution in [3.8, 4) is 17.0 Å². The Bertz CT molecular complexity index is 1370. The van der Waals surface area contributed by atoms with Gasteiger partial charge in [-0.15, -0.1) is 0 Å². The third kappa shape index (κ3) is 4.99. The van der Waals surface area contributed by atoms with E-state index in [-0.39, 0.29) is 35.4 Å². The Morgan fingerprint density at radius 2 is 1.97 bits per heavy atom. The Hall–Kier alpha value is -2.54. The lowest BCUT2D eigenvalue weighted by atomic mass is 9.94. The van der Waals surface area contributed by atoms with E-state index in [0.29, 0.717) is 52.6 Å². The molecule has 2 heterocycles. The van der Waals surface area contributed by atoms with Crippen LogP contribution in [0.3, 0.4) is 0 Å². The molecule has 0 radical (unpaired) electrons. The number of nitrogens with one attached hydrogen (secondary N) is 1. The molecule has 1 aliphatic carbocycles. The number of carbonyl (C=O) groups excluding carboxylic acids is 1. The molecule has 1 saturated carbocycles. The van der Waals surface area contributed by atoms with E-state index in [1.165, 1.54) is 18.4 Å². The summed E-state index contributed by atoms with van der Waals surface area (Å²) in [6.45, 7) is 7.37. The summed E-state index contributed by atoms with van der Waals surface area (Å²) in [4.78, 5) is 17.7. The van der Waals surface area contributed by atoms with Gasteiger partial charge in [0.2, 0.25) is 15.0 Å². The molecule has 0 unspecified atom stereocenters. The van der Waals surface area contributed by atoms with Crippen molar-refractivity contribution < 1.29 is 27.8 Å². The lowest BCUT2D eigenvalue weighted by Crippen LogP contribution is -2.38. The molecule has 0 atom stereocenters.